The third-order valence-corrected chi connectivity index (χ3v) is 4.03. The van der Waals surface area contributed by atoms with Gasteiger partial charge in [0, 0.05) is 5.52 Å². The molecule has 136 valence electrons. The average Bonchev–Trinajstić information content (AvgIpc) is 2.67. The van der Waals surface area contributed by atoms with E-state index in [-0.39, 0.29) is 17.7 Å². The molecule has 3 aromatic rings. The zero-order chi connectivity index (χ0) is 19.2. The molecular weight excluding hydrogens is 368 g/mol. The zero-order valence-corrected chi connectivity index (χ0v) is 14.8. The van der Waals surface area contributed by atoms with Crippen molar-refractivity contribution in [3.05, 3.63) is 81.1 Å². The molecule has 0 spiro atoms. The molecule has 0 bridgehead atoms. The number of pyridine rings is 1. The van der Waals surface area contributed by atoms with Gasteiger partial charge in [-0.1, -0.05) is 41.9 Å². The number of halogens is 1. The highest BCUT2D eigenvalue weighted by atomic mass is 35.5. The second-order valence-corrected chi connectivity index (χ2v) is 6.00. The molecule has 3 N–H and O–H groups in total. The van der Waals surface area contributed by atoms with Gasteiger partial charge in [-0.2, -0.15) is 5.10 Å². The minimum absolute atomic E-state index is 0.276. The maximum Gasteiger partial charge on any atom is 0.259 e. The molecule has 8 heteroatoms. The van der Waals surface area contributed by atoms with Crippen LogP contribution < -0.4 is 16.3 Å². The Hall–Kier alpha value is -3.45. The molecule has 0 saturated carbocycles. The summed E-state index contributed by atoms with van der Waals surface area (Å²) in [4.78, 5) is 38.5. The quantitative estimate of drug-likeness (QED) is 0.464. The van der Waals surface area contributed by atoms with Crippen molar-refractivity contribution in [3.63, 3.8) is 0 Å². The largest absolute Gasteiger partial charge is 0.343 e. The van der Waals surface area contributed by atoms with Gasteiger partial charge in [-0.05, 0) is 29.7 Å². The first-order chi connectivity index (χ1) is 13.0. The van der Waals surface area contributed by atoms with Gasteiger partial charge in [0.1, 0.15) is 0 Å². The number of para-hydroxylation sites is 1. The Morgan fingerprint density at radius 1 is 1.11 bits per heavy atom. The first kappa shape index (κ1) is 18.3. The summed E-state index contributed by atoms with van der Waals surface area (Å²) in [5, 5.41) is 7.34. The van der Waals surface area contributed by atoms with Crippen molar-refractivity contribution in [2.45, 2.75) is 0 Å². The maximum atomic E-state index is 12.0. The lowest BCUT2D eigenvalue weighted by Crippen LogP contribution is -2.35. The van der Waals surface area contributed by atoms with Crippen LogP contribution in [-0.2, 0) is 4.79 Å². The molecule has 2 amide bonds. The van der Waals surface area contributed by atoms with E-state index in [1.54, 1.807) is 36.4 Å². The van der Waals surface area contributed by atoms with E-state index in [4.69, 9.17) is 11.6 Å². The molecule has 1 aromatic heterocycles. The van der Waals surface area contributed by atoms with Crippen molar-refractivity contribution < 1.29 is 9.59 Å². The summed E-state index contributed by atoms with van der Waals surface area (Å²) in [6.45, 7) is -0.282. The van der Waals surface area contributed by atoms with Crippen LogP contribution in [0, 0.1) is 0 Å². The Bertz CT molecular complexity index is 1090. The SMILES string of the molecule is O=C(CNC(=O)c1ccccc1Cl)N/N=C\c1cc2ccccc2[nH]c1=O. The van der Waals surface area contributed by atoms with Crippen molar-refractivity contribution in [1.82, 2.24) is 15.7 Å². The highest BCUT2D eigenvalue weighted by Crippen LogP contribution is 2.14. The van der Waals surface area contributed by atoms with Gasteiger partial charge in [0.15, 0.2) is 0 Å². The normalized spacial score (nSPS) is 10.9. The van der Waals surface area contributed by atoms with Crippen molar-refractivity contribution in [2.24, 2.45) is 5.10 Å². The van der Waals surface area contributed by atoms with Crippen molar-refractivity contribution in [1.29, 1.82) is 0 Å². The van der Waals surface area contributed by atoms with Gasteiger partial charge in [-0.3, -0.25) is 14.4 Å². The molecule has 0 fully saturated rings. The number of carbonyl (C=O) groups is 2. The number of aromatic nitrogens is 1. The van der Waals surface area contributed by atoms with Crippen LogP contribution in [0.15, 0.2) is 64.5 Å². The maximum absolute atomic E-state index is 12.0. The van der Waals surface area contributed by atoms with Crippen molar-refractivity contribution >= 4 is 40.5 Å². The van der Waals surface area contributed by atoms with Gasteiger partial charge >= 0.3 is 0 Å². The number of hydrazone groups is 1. The Morgan fingerprint density at radius 3 is 2.67 bits per heavy atom. The fourth-order valence-electron chi connectivity index (χ4n) is 2.37. The fourth-order valence-corrected chi connectivity index (χ4v) is 2.60. The highest BCUT2D eigenvalue weighted by Gasteiger charge is 2.10. The van der Waals surface area contributed by atoms with E-state index < -0.39 is 11.8 Å². The molecular formula is C19H15ClN4O3. The van der Waals surface area contributed by atoms with Crippen LogP contribution in [-0.4, -0.2) is 29.6 Å². The Balaban J connectivity index is 1.58. The summed E-state index contributed by atoms with van der Waals surface area (Å²) in [6.07, 6.45) is 1.25. The van der Waals surface area contributed by atoms with Gasteiger partial charge in [0.2, 0.25) is 0 Å². The van der Waals surface area contributed by atoms with Crippen LogP contribution in [0.4, 0.5) is 0 Å². The average molecular weight is 383 g/mol. The van der Waals surface area contributed by atoms with Gasteiger partial charge in [-0.15, -0.1) is 0 Å². The number of amides is 2. The molecule has 27 heavy (non-hydrogen) atoms. The Labute approximate surface area is 159 Å². The van der Waals surface area contributed by atoms with E-state index in [0.717, 1.165) is 5.39 Å². The molecule has 0 unspecified atom stereocenters. The van der Waals surface area contributed by atoms with E-state index in [0.29, 0.717) is 16.1 Å². The van der Waals surface area contributed by atoms with Gasteiger partial charge in [-0.25, -0.2) is 5.43 Å². The minimum atomic E-state index is -0.538. The Morgan fingerprint density at radius 2 is 1.85 bits per heavy atom. The predicted octanol–water partition coefficient (Wildman–Crippen LogP) is 2.06. The van der Waals surface area contributed by atoms with Gasteiger partial charge in [0.25, 0.3) is 17.4 Å². The Kier molecular flexibility index (Phi) is 5.63. The predicted molar refractivity (Wildman–Crippen MR) is 104 cm³/mol. The molecule has 7 nitrogen and oxygen atoms in total. The van der Waals surface area contributed by atoms with E-state index in [2.05, 4.69) is 20.8 Å². The number of hydrogen-bond acceptors (Lipinski definition) is 4. The number of nitrogens with zero attached hydrogens (tertiary/aromatic N) is 1. The molecule has 0 aliphatic rings. The molecule has 0 aliphatic carbocycles. The second kappa shape index (κ2) is 8.29. The van der Waals surface area contributed by atoms with Gasteiger partial charge in [0.05, 0.1) is 28.9 Å². The van der Waals surface area contributed by atoms with Crippen LogP contribution in [0.5, 0.6) is 0 Å². The molecule has 0 saturated heterocycles. The van der Waals surface area contributed by atoms with E-state index in [9.17, 15) is 14.4 Å². The first-order valence-electron chi connectivity index (χ1n) is 8.01. The molecule has 1 heterocycles. The fraction of sp³-hybridized carbons (Fsp3) is 0.0526. The molecule has 0 atom stereocenters. The summed E-state index contributed by atoms with van der Waals surface area (Å²) in [6, 6.07) is 15.5. The van der Waals surface area contributed by atoms with E-state index in [1.807, 2.05) is 18.2 Å². The molecule has 3 rings (SSSR count). The monoisotopic (exact) mass is 382 g/mol. The summed E-state index contributed by atoms with van der Waals surface area (Å²) in [7, 11) is 0. The third kappa shape index (κ3) is 4.59. The van der Waals surface area contributed by atoms with Crippen molar-refractivity contribution in [2.75, 3.05) is 6.54 Å². The number of carbonyl (C=O) groups excluding carboxylic acids is 2. The molecule has 0 radical (unpaired) electrons. The minimum Gasteiger partial charge on any atom is -0.343 e. The highest BCUT2D eigenvalue weighted by molar-refractivity contribution is 6.33. The van der Waals surface area contributed by atoms with Crippen molar-refractivity contribution in [3.8, 4) is 0 Å². The number of rotatable bonds is 5. The zero-order valence-electron chi connectivity index (χ0n) is 14.0. The smallest absolute Gasteiger partial charge is 0.259 e. The van der Waals surface area contributed by atoms with E-state index in [1.165, 1.54) is 6.21 Å². The summed E-state index contributed by atoms with van der Waals surface area (Å²) in [5.41, 5.74) is 3.23. The van der Waals surface area contributed by atoms with Crippen LogP contribution in [0.1, 0.15) is 15.9 Å². The number of fused-ring (bicyclic) bond motifs is 1. The third-order valence-electron chi connectivity index (χ3n) is 3.70. The molecule has 2 aromatic carbocycles. The summed E-state index contributed by atoms with van der Waals surface area (Å²) >= 11 is 5.92. The number of H-pyrrole nitrogens is 1. The molecule has 0 aliphatic heterocycles. The summed E-state index contributed by atoms with van der Waals surface area (Å²) < 4.78 is 0. The van der Waals surface area contributed by atoms with Crippen LogP contribution in [0.25, 0.3) is 10.9 Å². The van der Waals surface area contributed by atoms with Crippen LogP contribution >= 0.6 is 11.6 Å². The summed E-state index contributed by atoms with van der Waals surface area (Å²) in [5.74, 6) is -1.01. The topological polar surface area (TPSA) is 103 Å². The number of nitrogens with one attached hydrogen (secondary N) is 3. The first-order valence-corrected chi connectivity index (χ1v) is 8.39. The second-order valence-electron chi connectivity index (χ2n) is 5.60. The lowest BCUT2D eigenvalue weighted by molar-refractivity contribution is -0.120. The number of aromatic amines is 1. The van der Waals surface area contributed by atoms with Crippen LogP contribution in [0.2, 0.25) is 5.02 Å². The number of benzene rings is 2. The lowest BCUT2D eigenvalue weighted by Gasteiger charge is -2.05. The van der Waals surface area contributed by atoms with Gasteiger partial charge < -0.3 is 10.3 Å². The van der Waals surface area contributed by atoms with E-state index >= 15 is 0 Å². The van der Waals surface area contributed by atoms with Crippen LogP contribution in [0.3, 0.4) is 0 Å². The lowest BCUT2D eigenvalue weighted by atomic mass is 10.2. The number of hydrogen-bond donors (Lipinski definition) is 3. The standard InChI is InChI=1S/C19H15ClN4O3/c20-15-7-3-2-6-14(15)19(27)21-11-17(25)24-22-10-13-9-12-5-1-4-8-16(12)23-18(13)26/h1-10H,11H2,(H,21,27)(H,23,26)(H,24,25)/b22-10-.